The molecule has 1 atom stereocenters. The highest BCUT2D eigenvalue weighted by Gasteiger charge is 2.28. The first-order chi connectivity index (χ1) is 12.1. The number of aromatic nitrogens is 2. The molecule has 1 N–H and O–H groups in total. The molecule has 0 fully saturated rings. The number of fused-ring (bicyclic) bond motifs is 1. The van der Waals surface area contributed by atoms with Gasteiger partial charge in [0.1, 0.15) is 5.82 Å². The molecule has 0 spiro atoms. The van der Waals surface area contributed by atoms with Crippen molar-refractivity contribution in [2.75, 3.05) is 11.1 Å². The number of hydrogen-bond donors (Lipinski definition) is 1. The molecule has 26 heavy (non-hydrogen) atoms. The second-order valence-corrected chi connectivity index (χ2v) is 8.64. The summed E-state index contributed by atoms with van der Waals surface area (Å²) in [5, 5.41) is 3.31. The third-order valence-corrected chi connectivity index (χ3v) is 5.54. The minimum absolute atomic E-state index is 0.0544. The van der Waals surface area contributed by atoms with Crippen LogP contribution in [-0.4, -0.2) is 21.2 Å². The third-order valence-electron chi connectivity index (χ3n) is 4.12. The van der Waals surface area contributed by atoms with Crippen LogP contribution in [0.4, 0.5) is 10.1 Å². The van der Waals surface area contributed by atoms with Crippen LogP contribution in [0.15, 0.2) is 34.2 Å². The van der Waals surface area contributed by atoms with Crippen molar-refractivity contribution in [1.82, 2.24) is 9.55 Å². The molecule has 0 saturated heterocycles. The Morgan fingerprint density at radius 2 is 2.12 bits per heavy atom. The maximum atomic E-state index is 13.2. The van der Waals surface area contributed by atoms with Crippen molar-refractivity contribution in [3.05, 3.63) is 51.2 Å². The Morgan fingerprint density at radius 3 is 2.77 bits per heavy atom. The molecule has 1 aromatic heterocycles. The summed E-state index contributed by atoms with van der Waals surface area (Å²) in [7, 11) is 0. The van der Waals surface area contributed by atoms with E-state index in [0.29, 0.717) is 16.6 Å². The average Bonchev–Trinajstić information content (AvgIpc) is 2.57. The second kappa shape index (κ2) is 7.04. The normalized spacial score (nSPS) is 16.9. The van der Waals surface area contributed by atoms with Crippen molar-refractivity contribution in [3.63, 3.8) is 0 Å². The van der Waals surface area contributed by atoms with Gasteiger partial charge in [0.25, 0.3) is 5.56 Å². The van der Waals surface area contributed by atoms with Crippen LogP contribution in [0.25, 0.3) is 0 Å². The SMILES string of the molecule is CC(C)(C)c1cc(=O)n2c(n1)SCC(C(=O)Nc1ccc(F)c(Cl)c1)C2. The first kappa shape index (κ1) is 18.9. The van der Waals surface area contributed by atoms with Gasteiger partial charge in [-0.25, -0.2) is 9.37 Å². The van der Waals surface area contributed by atoms with Crippen molar-refractivity contribution in [2.24, 2.45) is 5.92 Å². The maximum absolute atomic E-state index is 13.2. The molecular weight excluding hydrogens is 377 g/mol. The van der Waals surface area contributed by atoms with Gasteiger partial charge in [-0.2, -0.15) is 0 Å². The summed E-state index contributed by atoms with van der Waals surface area (Å²) >= 11 is 7.13. The number of thioether (sulfide) groups is 1. The molecule has 0 radical (unpaired) electrons. The zero-order valence-electron chi connectivity index (χ0n) is 14.7. The smallest absolute Gasteiger partial charge is 0.254 e. The molecule has 8 heteroatoms. The molecule has 0 bridgehead atoms. The molecule has 1 aliphatic heterocycles. The van der Waals surface area contributed by atoms with Gasteiger partial charge < -0.3 is 5.32 Å². The number of anilines is 1. The van der Waals surface area contributed by atoms with Gasteiger partial charge in [0.05, 0.1) is 16.6 Å². The Labute approximate surface area is 160 Å². The predicted molar refractivity (Wildman–Crippen MR) is 101 cm³/mol. The fraction of sp³-hybridized carbons (Fsp3) is 0.389. The summed E-state index contributed by atoms with van der Waals surface area (Å²) in [4.78, 5) is 29.6. The molecule has 0 aliphatic carbocycles. The molecule has 2 heterocycles. The summed E-state index contributed by atoms with van der Waals surface area (Å²) in [6.45, 7) is 6.27. The van der Waals surface area contributed by atoms with Crippen LogP contribution in [0, 0.1) is 11.7 Å². The number of amides is 1. The summed E-state index contributed by atoms with van der Waals surface area (Å²) in [5.41, 5.74) is 0.788. The number of carbonyl (C=O) groups excluding carboxylic acids is 1. The summed E-state index contributed by atoms with van der Waals surface area (Å²) in [5.74, 6) is -0.658. The lowest BCUT2D eigenvalue weighted by molar-refractivity contribution is -0.119. The minimum atomic E-state index is -0.543. The summed E-state index contributed by atoms with van der Waals surface area (Å²) in [6.07, 6.45) is 0. The van der Waals surface area contributed by atoms with Crippen LogP contribution in [0.2, 0.25) is 5.02 Å². The zero-order valence-corrected chi connectivity index (χ0v) is 16.2. The van der Waals surface area contributed by atoms with Gasteiger partial charge in [-0.05, 0) is 18.2 Å². The Balaban J connectivity index is 1.78. The highest BCUT2D eigenvalue weighted by atomic mass is 35.5. The van der Waals surface area contributed by atoms with Crippen molar-refractivity contribution >= 4 is 35.0 Å². The molecule has 1 unspecified atom stereocenters. The van der Waals surface area contributed by atoms with E-state index in [1.807, 2.05) is 20.8 Å². The quantitative estimate of drug-likeness (QED) is 0.787. The Morgan fingerprint density at radius 1 is 1.38 bits per heavy atom. The van der Waals surface area contributed by atoms with Crippen LogP contribution >= 0.6 is 23.4 Å². The molecular formula is C18H19ClFN3O2S. The van der Waals surface area contributed by atoms with E-state index in [1.165, 1.54) is 40.6 Å². The van der Waals surface area contributed by atoms with Crippen LogP contribution in [0.5, 0.6) is 0 Å². The van der Waals surface area contributed by atoms with Crippen molar-refractivity contribution in [1.29, 1.82) is 0 Å². The van der Waals surface area contributed by atoms with Crippen LogP contribution < -0.4 is 10.9 Å². The first-order valence-electron chi connectivity index (χ1n) is 8.16. The topological polar surface area (TPSA) is 64.0 Å². The number of hydrogen-bond acceptors (Lipinski definition) is 4. The van der Waals surface area contributed by atoms with Gasteiger partial charge in [0.2, 0.25) is 5.91 Å². The van der Waals surface area contributed by atoms with E-state index in [-0.39, 0.29) is 28.4 Å². The molecule has 3 rings (SSSR count). The predicted octanol–water partition coefficient (Wildman–Crippen LogP) is 3.69. The zero-order chi connectivity index (χ0) is 19.1. The van der Waals surface area contributed by atoms with Crippen LogP contribution in [-0.2, 0) is 16.8 Å². The van der Waals surface area contributed by atoms with E-state index in [2.05, 4.69) is 10.3 Å². The third kappa shape index (κ3) is 3.94. The van der Waals surface area contributed by atoms with Gasteiger partial charge in [0.15, 0.2) is 5.16 Å². The number of nitrogens with one attached hydrogen (secondary N) is 1. The fourth-order valence-electron chi connectivity index (χ4n) is 2.57. The standard InChI is InChI=1S/C18H19ClFN3O2S/c1-18(2,3)14-7-15(24)23-8-10(9-26-17(23)22-14)16(25)21-11-4-5-13(20)12(19)6-11/h4-7,10H,8-9H2,1-3H3,(H,21,25). The first-order valence-corrected chi connectivity index (χ1v) is 9.52. The monoisotopic (exact) mass is 395 g/mol. The average molecular weight is 396 g/mol. The van der Waals surface area contributed by atoms with Crippen LogP contribution in [0.1, 0.15) is 26.5 Å². The van der Waals surface area contributed by atoms with Crippen molar-refractivity contribution in [3.8, 4) is 0 Å². The number of benzene rings is 1. The van der Waals surface area contributed by atoms with E-state index in [1.54, 1.807) is 0 Å². The van der Waals surface area contributed by atoms with Gasteiger partial charge >= 0.3 is 0 Å². The van der Waals surface area contributed by atoms with Gasteiger partial charge in [-0.1, -0.05) is 44.1 Å². The Kier molecular flexibility index (Phi) is 5.12. The largest absolute Gasteiger partial charge is 0.326 e. The second-order valence-electron chi connectivity index (χ2n) is 7.25. The van der Waals surface area contributed by atoms with Crippen LogP contribution in [0.3, 0.4) is 0 Å². The van der Waals surface area contributed by atoms with Crippen molar-refractivity contribution in [2.45, 2.75) is 37.9 Å². The van der Waals surface area contributed by atoms with Gasteiger partial charge in [0, 0.05) is 29.5 Å². The molecule has 1 aliphatic rings. The van der Waals surface area contributed by atoms with E-state index in [0.717, 1.165) is 5.69 Å². The fourth-order valence-corrected chi connectivity index (χ4v) is 3.84. The van der Waals surface area contributed by atoms with E-state index < -0.39 is 11.7 Å². The Hall–Kier alpha value is -1.86. The molecule has 0 saturated carbocycles. The minimum Gasteiger partial charge on any atom is -0.326 e. The Bertz CT molecular complexity index is 924. The number of rotatable bonds is 2. The summed E-state index contributed by atoms with van der Waals surface area (Å²) in [6, 6.07) is 5.55. The number of carbonyl (C=O) groups is 1. The lowest BCUT2D eigenvalue weighted by atomic mass is 9.92. The molecule has 138 valence electrons. The number of nitrogens with zero attached hydrogens (tertiary/aromatic N) is 2. The van der Waals surface area contributed by atoms with Gasteiger partial charge in [-0.3, -0.25) is 14.2 Å². The lowest BCUT2D eigenvalue weighted by Crippen LogP contribution is -2.37. The van der Waals surface area contributed by atoms with E-state index in [9.17, 15) is 14.0 Å². The molecule has 5 nitrogen and oxygen atoms in total. The van der Waals surface area contributed by atoms with Crippen molar-refractivity contribution < 1.29 is 9.18 Å². The van der Waals surface area contributed by atoms with E-state index >= 15 is 0 Å². The summed E-state index contributed by atoms with van der Waals surface area (Å²) < 4.78 is 14.8. The molecule has 2 aromatic rings. The molecule has 1 amide bonds. The maximum Gasteiger partial charge on any atom is 0.254 e. The van der Waals surface area contributed by atoms with Gasteiger partial charge in [-0.15, -0.1) is 0 Å². The highest BCUT2D eigenvalue weighted by molar-refractivity contribution is 7.99. The number of halogens is 2. The van der Waals surface area contributed by atoms with E-state index in [4.69, 9.17) is 11.6 Å². The lowest BCUT2D eigenvalue weighted by Gasteiger charge is -2.26. The molecule has 1 aromatic carbocycles. The highest BCUT2D eigenvalue weighted by Crippen LogP contribution is 2.29.